The number of aryl methyl sites for hydroxylation is 1. The summed E-state index contributed by atoms with van der Waals surface area (Å²) in [6.45, 7) is 7.97. The second-order valence-corrected chi connectivity index (χ2v) is 6.61. The summed E-state index contributed by atoms with van der Waals surface area (Å²) < 4.78 is 41.4. The molecule has 1 atom stereocenters. The fourth-order valence-corrected chi connectivity index (χ4v) is 2.14. The van der Waals surface area contributed by atoms with E-state index in [0.29, 0.717) is 12.5 Å². The molecule has 0 aromatic carbocycles. The van der Waals surface area contributed by atoms with Crippen LogP contribution in [0.1, 0.15) is 39.9 Å². The van der Waals surface area contributed by atoms with Crippen molar-refractivity contribution in [2.24, 2.45) is 12.0 Å². The standard InChI is InChI=1S/C15H26F3N5O/c1-6-19-12(22-13(2,3)4)21-8-7-14(24,15(16,17)18)11-20-9-10-23(11)5/h9-10,24H,6-8H2,1-5H3,(H2,19,21,22). The van der Waals surface area contributed by atoms with Crippen molar-refractivity contribution < 1.29 is 18.3 Å². The highest BCUT2D eigenvalue weighted by molar-refractivity contribution is 5.80. The third-order valence-corrected chi connectivity index (χ3v) is 3.24. The van der Waals surface area contributed by atoms with E-state index in [1.54, 1.807) is 0 Å². The van der Waals surface area contributed by atoms with E-state index in [1.165, 1.54) is 19.4 Å². The maximum absolute atomic E-state index is 13.4. The van der Waals surface area contributed by atoms with Gasteiger partial charge in [-0.15, -0.1) is 0 Å². The Balaban J connectivity index is 2.97. The van der Waals surface area contributed by atoms with Gasteiger partial charge in [0.05, 0.1) is 0 Å². The quantitative estimate of drug-likeness (QED) is 0.561. The number of rotatable bonds is 5. The van der Waals surface area contributed by atoms with E-state index in [1.807, 2.05) is 27.7 Å². The third kappa shape index (κ3) is 5.12. The second-order valence-electron chi connectivity index (χ2n) is 6.61. The molecule has 0 aliphatic heterocycles. The van der Waals surface area contributed by atoms with Gasteiger partial charge in [0.2, 0.25) is 5.60 Å². The molecular weight excluding hydrogens is 323 g/mol. The summed E-state index contributed by atoms with van der Waals surface area (Å²) in [5.41, 5.74) is -3.34. The molecule has 0 saturated heterocycles. The van der Waals surface area contributed by atoms with Crippen molar-refractivity contribution in [1.29, 1.82) is 0 Å². The molecule has 1 rings (SSSR count). The van der Waals surface area contributed by atoms with Crippen LogP contribution in [0.3, 0.4) is 0 Å². The number of aliphatic imine (C=N–C) groups is 1. The minimum absolute atomic E-state index is 0.214. The molecule has 6 nitrogen and oxygen atoms in total. The van der Waals surface area contributed by atoms with Crippen molar-refractivity contribution in [2.75, 3.05) is 13.1 Å². The monoisotopic (exact) mass is 349 g/mol. The number of guanidine groups is 1. The molecule has 0 amide bonds. The third-order valence-electron chi connectivity index (χ3n) is 3.24. The van der Waals surface area contributed by atoms with Gasteiger partial charge in [-0.25, -0.2) is 4.98 Å². The Bertz CT molecular complexity index is 562. The highest BCUT2D eigenvalue weighted by Crippen LogP contribution is 2.40. The van der Waals surface area contributed by atoms with Crippen LogP contribution in [0.2, 0.25) is 0 Å². The summed E-state index contributed by atoms with van der Waals surface area (Å²) >= 11 is 0. The van der Waals surface area contributed by atoms with E-state index in [0.717, 1.165) is 4.57 Å². The summed E-state index contributed by atoms with van der Waals surface area (Å²) in [7, 11) is 1.41. The summed E-state index contributed by atoms with van der Waals surface area (Å²) in [5.74, 6) is -0.0478. The van der Waals surface area contributed by atoms with Gasteiger partial charge in [0.1, 0.15) is 5.82 Å². The van der Waals surface area contributed by atoms with Gasteiger partial charge in [0, 0.05) is 44.5 Å². The molecular formula is C15H26F3N5O. The lowest BCUT2D eigenvalue weighted by atomic mass is 9.98. The molecule has 0 radical (unpaired) electrons. The van der Waals surface area contributed by atoms with E-state index < -0.39 is 24.0 Å². The van der Waals surface area contributed by atoms with Gasteiger partial charge in [0.25, 0.3) is 0 Å². The Labute approximate surface area is 140 Å². The van der Waals surface area contributed by atoms with Crippen molar-refractivity contribution >= 4 is 5.96 Å². The first-order valence-electron chi connectivity index (χ1n) is 7.74. The zero-order chi connectivity index (χ0) is 18.6. The first kappa shape index (κ1) is 20.3. The molecule has 3 N–H and O–H groups in total. The Kier molecular flexibility index (Phi) is 6.26. The van der Waals surface area contributed by atoms with Crippen LogP contribution in [-0.2, 0) is 12.6 Å². The fraction of sp³-hybridized carbons (Fsp3) is 0.733. The number of imidazole rings is 1. The van der Waals surface area contributed by atoms with Crippen molar-refractivity contribution in [3.63, 3.8) is 0 Å². The normalized spacial score (nSPS) is 16.0. The minimum atomic E-state index is -4.85. The van der Waals surface area contributed by atoms with Crippen LogP contribution in [0.15, 0.2) is 17.4 Å². The van der Waals surface area contributed by atoms with Crippen LogP contribution < -0.4 is 10.6 Å². The molecule has 0 spiro atoms. The number of halogens is 3. The summed E-state index contributed by atoms with van der Waals surface area (Å²) in [6, 6.07) is 0. The average Bonchev–Trinajstić information content (AvgIpc) is 2.82. The van der Waals surface area contributed by atoms with Crippen molar-refractivity contribution in [3.05, 3.63) is 18.2 Å². The molecule has 0 saturated carbocycles. The van der Waals surface area contributed by atoms with Gasteiger partial charge in [-0.2, -0.15) is 13.2 Å². The largest absolute Gasteiger partial charge is 0.424 e. The van der Waals surface area contributed by atoms with Gasteiger partial charge in [-0.1, -0.05) is 0 Å². The van der Waals surface area contributed by atoms with Crippen LogP contribution in [0, 0.1) is 0 Å². The Morgan fingerprint density at radius 1 is 1.33 bits per heavy atom. The molecule has 0 aliphatic carbocycles. The fourth-order valence-electron chi connectivity index (χ4n) is 2.14. The summed E-state index contributed by atoms with van der Waals surface area (Å²) in [5, 5.41) is 16.3. The highest BCUT2D eigenvalue weighted by atomic mass is 19.4. The predicted octanol–water partition coefficient (Wildman–Crippen LogP) is 1.91. The van der Waals surface area contributed by atoms with Crippen LogP contribution in [0.5, 0.6) is 0 Å². The number of hydrogen-bond donors (Lipinski definition) is 3. The SMILES string of the molecule is CCNC(=NCCC(O)(c1nccn1C)C(F)(F)F)NC(C)(C)C. The lowest BCUT2D eigenvalue weighted by Crippen LogP contribution is -2.48. The highest BCUT2D eigenvalue weighted by Gasteiger charge is 2.57. The molecule has 1 unspecified atom stereocenters. The van der Waals surface area contributed by atoms with E-state index in [-0.39, 0.29) is 12.1 Å². The van der Waals surface area contributed by atoms with E-state index in [4.69, 9.17) is 0 Å². The molecule has 1 heterocycles. The van der Waals surface area contributed by atoms with Crippen LogP contribution >= 0.6 is 0 Å². The molecule has 0 bridgehead atoms. The zero-order valence-electron chi connectivity index (χ0n) is 14.7. The number of nitrogens with zero attached hydrogens (tertiary/aromatic N) is 3. The number of hydrogen-bond acceptors (Lipinski definition) is 3. The van der Waals surface area contributed by atoms with Gasteiger partial charge in [-0.05, 0) is 27.7 Å². The van der Waals surface area contributed by atoms with E-state index >= 15 is 0 Å². The molecule has 24 heavy (non-hydrogen) atoms. The summed E-state index contributed by atoms with van der Waals surface area (Å²) in [4.78, 5) is 7.80. The Morgan fingerprint density at radius 3 is 2.38 bits per heavy atom. The van der Waals surface area contributed by atoms with Crippen LogP contribution in [0.4, 0.5) is 13.2 Å². The molecule has 9 heteroatoms. The van der Waals surface area contributed by atoms with Crippen LogP contribution in [-0.4, -0.2) is 45.4 Å². The van der Waals surface area contributed by atoms with Crippen molar-refractivity contribution in [2.45, 2.75) is 51.4 Å². The minimum Gasteiger partial charge on any atom is -0.374 e. The first-order chi connectivity index (χ1) is 10.9. The lowest BCUT2D eigenvalue weighted by molar-refractivity contribution is -0.272. The van der Waals surface area contributed by atoms with Crippen LogP contribution in [0.25, 0.3) is 0 Å². The topological polar surface area (TPSA) is 74.5 Å². The Morgan fingerprint density at radius 2 is 1.96 bits per heavy atom. The molecule has 138 valence electrons. The maximum Gasteiger partial charge on any atom is 0.424 e. The smallest absolute Gasteiger partial charge is 0.374 e. The predicted molar refractivity (Wildman–Crippen MR) is 86.6 cm³/mol. The number of aliphatic hydroxyl groups is 1. The first-order valence-corrected chi connectivity index (χ1v) is 7.74. The van der Waals surface area contributed by atoms with Gasteiger partial charge in [0.15, 0.2) is 5.96 Å². The van der Waals surface area contributed by atoms with E-state index in [9.17, 15) is 18.3 Å². The van der Waals surface area contributed by atoms with E-state index in [2.05, 4.69) is 20.6 Å². The van der Waals surface area contributed by atoms with Crippen molar-refractivity contribution in [3.8, 4) is 0 Å². The average molecular weight is 349 g/mol. The second kappa shape index (κ2) is 7.42. The van der Waals surface area contributed by atoms with Gasteiger partial charge in [-0.3, -0.25) is 4.99 Å². The lowest BCUT2D eigenvalue weighted by Gasteiger charge is -2.29. The molecule has 0 fully saturated rings. The van der Waals surface area contributed by atoms with Crippen molar-refractivity contribution in [1.82, 2.24) is 20.2 Å². The summed E-state index contributed by atoms with van der Waals surface area (Å²) in [6.07, 6.45) is -2.89. The maximum atomic E-state index is 13.4. The molecule has 1 aromatic rings. The zero-order valence-corrected chi connectivity index (χ0v) is 14.7. The number of aromatic nitrogens is 2. The molecule has 1 aromatic heterocycles. The molecule has 0 aliphatic rings. The number of nitrogens with one attached hydrogen (secondary N) is 2. The van der Waals surface area contributed by atoms with Gasteiger partial charge < -0.3 is 20.3 Å². The Hall–Kier alpha value is -1.77. The number of alkyl halides is 3. The van der Waals surface area contributed by atoms with Gasteiger partial charge >= 0.3 is 6.18 Å².